The molecule has 1 amide bonds. The molecule has 1 fully saturated rings. The van der Waals surface area contributed by atoms with Crippen LogP contribution in [0.3, 0.4) is 0 Å². The van der Waals surface area contributed by atoms with Crippen molar-refractivity contribution in [3.8, 4) is 5.75 Å². The minimum absolute atomic E-state index is 0.0587. The van der Waals surface area contributed by atoms with Crippen LogP contribution in [0.2, 0.25) is 0 Å². The molecule has 0 bridgehead atoms. The molecule has 0 unspecified atom stereocenters. The van der Waals surface area contributed by atoms with Crippen LogP contribution in [0.15, 0.2) is 30.6 Å². The van der Waals surface area contributed by atoms with Crippen molar-refractivity contribution >= 4 is 17.8 Å². The minimum Gasteiger partial charge on any atom is -0.490 e. The lowest BCUT2D eigenvalue weighted by Crippen LogP contribution is -2.15. The van der Waals surface area contributed by atoms with Gasteiger partial charge in [-0.25, -0.2) is 9.67 Å². The summed E-state index contributed by atoms with van der Waals surface area (Å²) in [6, 6.07) is 6.94. The Bertz CT molecular complexity index is 737. The number of aromatic nitrogens is 3. The molecule has 1 saturated carbocycles. The third-order valence-corrected chi connectivity index (χ3v) is 3.76. The van der Waals surface area contributed by atoms with Crippen LogP contribution >= 0.6 is 0 Å². The fraction of sp³-hybridized carbons (Fsp3) is 0.375. The molecule has 1 aliphatic carbocycles. The highest BCUT2D eigenvalue weighted by atomic mass is 16.5. The lowest BCUT2D eigenvalue weighted by molar-refractivity contribution is -0.137. The third kappa shape index (κ3) is 4.09. The van der Waals surface area contributed by atoms with E-state index in [1.54, 1.807) is 18.2 Å². The summed E-state index contributed by atoms with van der Waals surface area (Å²) < 4.78 is 7.02. The van der Waals surface area contributed by atoms with Gasteiger partial charge in [0.2, 0.25) is 5.95 Å². The summed E-state index contributed by atoms with van der Waals surface area (Å²) in [4.78, 5) is 26.7. The summed E-state index contributed by atoms with van der Waals surface area (Å²) in [7, 11) is 0. The van der Waals surface area contributed by atoms with Crippen LogP contribution in [0.5, 0.6) is 5.75 Å². The van der Waals surface area contributed by atoms with E-state index >= 15 is 0 Å². The van der Waals surface area contributed by atoms with E-state index < -0.39 is 5.97 Å². The molecule has 1 heterocycles. The van der Waals surface area contributed by atoms with Crippen molar-refractivity contribution in [2.75, 3.05) is 5.32 Å². The number of hydrogen-bond donors (Lipinski definition) is 2. The minimum atomic E-state index is -1.03. The number of rotatable bonds is 6. The summed E-state index contributed by atoms with van der Waals surface area (Å²) in [5, 5.41) is 15.1. The van der Waals surface area contributed by atoms with Crippen LogP contribution in [0, 0.1) is 0 Å². The Kier molecular flexibility index (Phi) is 4.74. The van der Waals surface area contributed by atoms with Crippen LogP contribution in [0.4, 0.5) is 5.95 Å². The summed E-state index contributed by atoms with van der Waals surface area (Å²) in [5.41, 5.74) is 0.431. The molecule has 0 saturated heterocycles. The summed E-state index contributed by atoms with van der Waals surface area (Å²) in [5.74, 6) is -0.684. The predicted molar refractivity (Wildman–Crippen MR) is 84.9 cm³/mol. The standard InChI is InChI=1S/C16H18N4O4/c21-14(22)9-20-10-17-16(19-20)18-15(23)11-4-3-7-13(8-11)24-12-5-1-2-6-12/h3-4,7-8,10,12H,1-2,5-6,9H2,(H,21,22)(H,18,19,23). The number of nitrogens with zero attached hydrogens (tertiary/aromatic N) is 3. The molecular weight excluding hydrogens is 312 g/mol. The van der Waals surface area contributed by atoms with Crippen molar-refractivity contribution in [3.05, 3.63) is 36.2 Å². The first-order valence-corrected chi connectivity index (χ1v) is 7.79. The second-order valence-corrected chi connectivity index (χ2v) is 5.67. The van der Waals surface area contributed by atoms with Crippen LogP contribution in [-0.4, -0.2) is 37.9 Å². The van der Waals surface area contributed by atoms with E-state index in [0.717, 1.165) is 17.5 Å². The van der Waals surface area contributed by atoms with E-state index in [-0.39, 0.29) is 24.5 Å². The quantitative estimate of drug-likeness (QED) is 0.838. The molecular formula is C16H18N4O4. The Labute approximate surface area is 138 Å². The van der Waals surface area contributed by atoms with Crippen molar-refractivity contribution in [1.29, 1.82) is 0 Å². The van der Waals surface area contributed by atoms with Gasteiger partial charge in [-0.1, -0.05) is 6.07 Å². The SMILES string of the molecule is O=C(O)Cn1cnc(NC(=O)c2cccc(OC3CCCC3)c2)n1. The zero-order chi connectivity index (χ0) is 16.9. The Hall–Kier alpha value is -2.90. The average molecular weight is 330 g/mol. The normalized spacial score (nSPS) is 14.5. The average Bonchev–Trinajstić information content (AvgIpc) is 3.19. The number of carboxylic acid groups (broad SMARTS) is 1. The topological polar surface area (TPSA) is 106 Å². The van der Waals surface area contributed by atoms with Crippen LogP contribution in [0.25, 0.3) is 0 Å². The molecule has 8 heteroatoms. The van der Waals surface area contributed by atoms with Gasteiger partial charge in [0.25, 0.3) is 5.91 Å². The molecule has 1 aromatic carbocycles. The van der Waals surface area contributed by atoms with Gasteiger partial charge in [0.1, 0.15) is 18.6 Å². The molecule has 24 heavy (non-hydrogen) atoms. The number of anilines is 1. The summed E-state index contributed by atoms with van der Waals surface area (Å²) in [6.07, 6.45) is 5.91. The lowest BCUT2D eigenvalue weighted by atomic mass is 10.2. The van der Waals surface area contributed by atoms with E-state index in [1.165, 1.54) is 19.2 Å². The number of nitrogens with one attached hydrogen (secondary N) is 1. The van der Waals surface area contributed by atoms with Gasteiger partial charge in [-0.15, -0.1) is 5.10 Å². The zero-order valence-electron chi connectivity index (χ0n) is 13.0. The molecule has 8 nitrogen and oxygen atoms in total. The maximum Gasteiger partial charge on any atom is 0.325 e. The van der Waals surface area contributed by atoms with Crippen molar-refractivity contribution in [2.24, 2.45) is 0 Å². The highest BCUT2D eigenvalue weighted by Gasteiger charge is 2.17. The lowest BCUT2D eigenvalue weighted by Gasteiger charge is -2.13. The Morgan fingerprint density at radius 3 is 2.88 bits per heavy atom. The van der Waals surface area contributed by atoms with Gasteiger partial charge in [-0.05, 0) is 43.9 Å². The van der Waals surface area contributed by atoms with Gasteiger partial charge in [0.15, 0.2) is 0 Å². The van der Waals surface area contributed by atoms with Gasteiger partial charge in [0, 0.05) is 5.56 Å². The maximum absolute atomic E-state index is 12.3. The fourth-order valence-corrected chi connectivity index (χ4v) is 2.65. The van der Waals surface area contributed by atoms with Crippen molar-refractivity contribution in [3.63, 3.8) is 0 Å². The Morgan fingerprint density at radius 2 is 2.12 bits per heavy atom. The van der Waals surface area contributed by atoms with Crippen LogP contribution in [0.1, 0.15) is 36.0 Å². The molecule has 0 atom stereocenters. The summed E-state index contributed by atoms with van der Waals surface area (Å²) in [6.45, 7) is -0.312. The fourth-order valence-electron chi connectivity index (χ4n) is 2.65. The van der Waals surface area contributed by atoms with E-state index in [0.29, 0.717) is 11.3 Å². The highest BCUT2D eigenvalue weighted by Crippen LogP contribution is 2.24. The van der Waals surface area contributed by atoms with Gasteiger partial charge in [-0.3, -0.25) is 14.9 Å². The van der Waals surface area contributed by atoms with E-state index in [9.17, 15) is 9.59 Å². The van der Waals surface area contributed by atoms with Crippen LogP contribution in [-0.2, 0) is 11.3 Å². The number of hydrogen-bond acceptors (Lipinski definition) is 5. The second-order valence-electron chi connectivity index (χ2n) is 5.67. The maximum atomic E-state index is 12.3. The number of carbonyl (C=O) groups is 2. The molecule has 2 aromatic rings. The molecule has 0 spiro atoms. The predicted octanol–water partition coefficient (Wildman–Crippen LogP) is 1.94. The Balaban J connectivity index is 1.63. The van der Waals surface area contributed by atoms with Gasteiger partial charge in [0.05, 0.1) is 6.10 Å². The van der Waals surface area contributed by atoms with E-state index in [1.807, 2.05) is 6.07 Å². The largest absolute Gasteiger partial charge is 0.490 e. The number of aliphatic carboxylic acids is 1. The van der Waals surface area contributed by atoms with E-state index in [2.05, 4.69) is 15.4 Å². The van der Waals surface area contributed by atoms with Crippen molar-refractivity contribution in [2.45, 2.75) is 38.3 Å². The summed E-state index contributed by atoms with van der Waals surface area (Å²) >= 11 is 0. The number of carbonyl (C=O) groups excluding carboxylic acids is 1. The highest BCUT2D eigenvalue weighted by molar-refractivity contribution is 6.03. The smallest absolute Gasteiger partial charge is 0.325 e. The van der Waals surface area contributed by atoms with E-state index in [4.69, 9.17) is 9.84 Å². The first-order valence-electron chi connectivity index (χ1n) is 7.79. The van der Waals surface area contributed by atoms with Gasteiger partial charge >= 0.3 is 5.97 Å². The number of amides is 1. The third-order valence-electron chi connectivity index (χ3n) is 3.76. The number of ether oxygens (including phenoxy) is 1. The number of benzene rings is 1. The zero-order valence-corrected chi connectivity index (χ0v) is 13.0. The monoisotopic (exact) mass is 330 g/mol. The Morgan fingerprint density at radius 1 is 1.33 bits per heavy atom. The first kappa shape index (κ1) is 16.0. The molecule has 1 aliphatic rings. The molecule has 1 aromatic heterocycles. The molecule has 0 radical (unpaired) electrons. The van der Waals surface area contributed by atoms with Gasteiger partial charge in [-0.2, -0.15) is 0 Å². The first-order chi connectivity index (χ1) is 11.6. The molecule has 0 aliphatic heterocycles. The molecule has 2 N–H and O–H groups in total. The van der Waals surface area contributed by atoms with Gasteiger partial charge < -0.3 is 9.84 Å². The molecule has 3 rings (SSSR count). The second kappa shape index (κ2) is 7.12. The van der Waals surface area contributed by atoms with Crippen molar-refractivity contribution < 1.29 is 19.4 Å². The number of carboxylic acids is 1. The van der Waals surface area contributed by atoms with Crippen molar-refractivity contribution in [1.82, 2.24) is 14.8 Å². The van der Waals surface area contributed by atoms with Crippen LogP contribution < -0.4 is 10.1 Å². The molecule has 126 valence electrons.